The minimum atomic E-state index is -0.600. The van der Waals surface area contributed by atoms with Crippen molar-refractivity contribution in [1.29, 1.82) is 0 Å². The topological polar surface area (TPSA) is 53.0 Å². The van der Waals surface area contributed by atoms with E-state index >= 15 is 0 Å². The zero-order valence-electron chi connectivity index (χ0n) is 13.2. The molecule has 0 bridgehead atoms. The molecule has 1 aromatic rings. The molecular formula is C16H22ClFN2O3. The number of piperazine rings is 1. The van der Waals surface area contributed by atoms with Gasteiger partial charge < -0.3 is 14.7 Å². The molecule has 7 heteroatoms. The largest absolute Gasteiger partial charge is 0.389 e. The average Bonchev–Trinajstić information content (AvgIpc) is 2.53. The van der Waals surface area contributed by atoms with E-state index in [-0.39, 0.29) is 16.5 Å². The van der Waals surface area contributed by atoms with Gasteiger partial charge in [-0.2, -0.15) is 0 Å². The van der Waals surface area contributed by atoms with Crippen LogP contribution in [0.5, 0.6) is 0 Å². The lowest BCUT2D eigenvalue weighted by Crippen LogP contribution is -2.51. The zero-order valence-corrected chi connectivity index (χ0v) is 13.9. The maximum Gasteiger partial charge on any atom is 0.258 e. The number of amides is 1. The summed E-state index contributed by atoms with van der Waals surface area (Å²) in [5.41, 5.74) is -0.0704. The van der Waals surface area contributed by atoms with Crippen molar-refractivity contribution in [2.24, 2.45) is 0 Å². The van der Waals surface area contributed by atoms with Crippen molar-refractivity contribution in [2.45, 2.75) is 13.0 Å². The molecule has 1 atom stereocenters. The average molecular weight is 345 g/mol. The first kappa shape index (κ1) is 18.1. The highest BCUT2D eigenvalue weighted by Gasteiger charge is 2.26. The third-order valence-corrected chi connectivity index (χ3v) is 4.13. The van der Waals surface area contributed by atoms with Crippen LogP contribution in [0.2, 0.25) is 5.02 Å². The molecule has 128 valence electrons. The van der Waals surface area contributed by atoms with Crippen LogP contribution in [0.3, 0.4) is 0 Å². The fraction of sp³-hybridized carbons (Fsp3) is 0.562. The Balaban J connectivity index is 1.88. The monoisotopic (exact) mass is 344 g/mol. The normalized spacial score (nSPS) is 17.3. The summed E-state index contributed by atoms with van der Waals surface area (Å²) in [5, 5.41) is 9.97. The predicted octanol–water partition coefficient (Wildman–Crippen LogP) is 1.63. The van der Waals surface area contributed by atoms with Gasteiger partial charge in [0.05, 0.1) is 23.3 Å². The van der Waals surface area contributed by atoms with Crippen molar-refractivity contribution < 1.29 is 19.0 Å². The molecule has 1 saturated heterocycles. The van der Waals surface area contributed by atoms with Gasteiger partial charge in [0.15, 0.2) is 0 Å². The molecule has 0 aromatic heterocycles. The Bertz CT molecular complexity index is 516. The number of ether oxygens (including phenoxy) is 1. The van der Waals surface area contributed by atoms with Crippen LogP contribution in [0.15, 0.2) is 18.2 Å². The number of carbonyl (C=O) groups is 1. The third-order valence-electron chi connectivity index (χ3n) is 3.82. The fourth-order valence-electron chi connectivity index (χ4n) is 2.60. The van der Waals surface area contributed by atoms with Crippen molar-refractivity contribution in [2.75, 3.05) is 45.9 Å². The SMILES string of the molecule is CCOC[C@H](O)CN1CCN(C(=O)c2c(F)cccc2Cl)CC1. The standard InChI is InChI=1S/C16H22ClFN2O3/c1-2-23-11-12(21)10-19-6-8-20(9-7-19)16(22)15-13(17)4-3-5-14(15)18/h3-5,12,21H,2,6-11H2,1H3/t12-/m1/s1. The van der Waals surface area contributed by atoms with E-state index in [1.807, 2.05) is 6.92 Å². The van der Waals surface area contributed by atoms with Crippen LogP contribution in [0.4, 0.5) is 4.39 Å². The maximum absolute atomic E-state index is 13.8. The smallest absolute Gasteiger partial charge is 0.258 e. The summed E-state index contributed by atoms with van der Waals surface area (Å²) >= 11 is 5.94. The molecule has 0 radical (unpaired) electrons. The van der Waals surface area contributed by atoms with E-state index in [1.54, 1.807) is 4.90 Å². The lowest BCUT2D eigenvalue weighted by atomic mass is 10.1. The Morgan fingerprint density at radius 3 is 2.70 bits per heavy atom. The number of aliphatic hydroxyl groups is 1. The van der Waals surface area contributed by atoms with E-state index in [4.69, 9.17) is 16.3 Å². The molecule has 0 spiro atoms. The Morgan fingerprint density at radius 1 is 1.39 bits per heavy atom. The second kappa shape index (κ2) is 8.59. The first-order chi connectivity index (χ1) is 11.0. The molecule has 1 heterocycles. The summed E-state index contributed by atoms with van der Waals surface area (Å²) in [4.78, 5) is 16.1. The molecule has 1 fully saturated rings. The third kappa shape index (κ3) is 4.88. The molecule has 0 saturated carbocycles. The van der Waals surface area contributed by atoms with Gasteiger partial charge in [0.2, 0.25) is 0 Å². The van der Waals surface area contributed by atoms with Crippen LogP contribution in [-0.2, 0) is 4.74 Å². The van der Waals surface area contributed by atoms with Crippen molar-refractivity contribution in [3.8, 4) is 0 Å². The van der Waals surface area contributed by atoms with Crippen LogP contribution in [-0.4, -0.2) is 72.9 Å². The lowest BCUT2D eigenvalue weighted by molar-refractivity contribution is 0.0111. The van der Waals surface area contributed by atoms with Crippen molar-refractivity contribution in [3.63, 3.8) is 0 Å². The first-order valence-electron chi connectivity index (χ1n) is 7.74. The van der Waals surface area contributed by atoms with Gasteiger partial charge in [0.1, 0.15) is 5.82 Å². The molecule has 1 aromatic carbocycles. The number of benzene rings is 1. The van der Waals surface area contributed by atoms with Gasteiger partial charge in [-0.15, -0.1) is 0 Å². The summed E-state index contributed by atoms with van der Waals surface area (Å²) < 4.78 is 19.0. The van der Waals surface area contributed by atoms with E-state index in [0.29, 0.717) is 45.9 Å². The quantitative estimate of drug-likeness (QED) is 0.852. The van der Waals surface area contributed by atoms with Gasteiger partial charge in [-0.05, 0) is 19.1 Å². The minimum Gasteiger partial charge on any atom is -0.389 e. The van der Waals surface area contributed by atoms with Crippen molar-refractivity contribution in [1.82, 2.24) is 9.80 Å². The number of halogens is 2. The molecule has 1 N–H and O–H groups in total. The number of aliphatic hydroxyl groups excluding tert-OH is 1. The highest BCUT2D eigenvalue weighted by Crippen LogP contribution is 2.21. The highest BCUT2D eigenvalue weighted by atomic mass is 35.5. The molecular weight excluding hydrogens is 323 g/mol. The second-order valence-electron chi connectivity index (χ2n) is 5.50. The molecule has 0 unspecified atom stereocenters. The summed E-state index contributed by atoms with van der Waals surface area (Å²) in [6.45, 7) is 5.47. The highest BCUT2D eigenvalue weighted by molar-refractivity contribution is 6.33. The Morgan fingerprint density at radius 2 is 2.09 bits per heavy atom. The second-order valence-corrected chi connectivity index (χ2v) is 5.91. The van der Waals surface area contributed by atoms with E-state index in [9.17, 15) is 14.3 Å². The van der Waals surface area contributed by atoms with Crippen molar-refractivity contribution >= 4 is 17.5 Å². The zero-order chi connectivity index (χ0) is 16.8. The number of rotatable bonds is 6. The van der Waals surface area contributed by atoms with Crippen LogP contribution >= 0.6 is 11.6 Å². The number of hydrogen-bond acceptors (Lipinski definition) is 4. The number of nitrogens with zero attached hydrogens (tertiary/aromatic N) is 2. The van der Waals surface area contributed by atoms with Gasteiger partial charge in [0, 0.05) is 39.3 Å². The molecule has 5 nitrogen and oxygen atoms in total. The van der Waals surface area contributed by atoms with Gasteiger partial charge in [-0.1, -0.05) is 17.7 Å². The maximum atomic E-state index is 13.8. The van der Waals surface area contributed by atoms with E-state index in [0.717, 1.165) is 0 Å². The van der Waals surface area contributed by atoms with Crippen LogP contribution < -0.4 is 0 Å². The van der Waals surface area contributed by atoms with E-state index in [2.05, 4.69) is 4.90 Å². The Labute approximate surface area is 140 Å². The minimum absolute atomic E-state index is 0.0704. The van der Waals surface area contributed by atoms with Crippen LogP contribution in [0.1, 0.15) is 17.3 Å². The molecule has 2 rings (SSSR count). The molecule has 0 aliphatic carbocycles. The predicted molar refractivity (Wildman–Crippen MR) is 86.3 cm³/mol. The summed E-state index contributed by atoms with van der Waals surface area (Å²) in [6.07, 6.45) is -0.543. The van der Waals surface area contributed by atoms with E-state index < -0.39 is 11.9 Å². The molecule has 1 amide bonds. The van der Waals surface area contributed by atoms with Gasteiger partial charge in [0.25, 0.3) is 5.91 Å². The molecule has 1 aliphatic heterocycles. The van der Waals surface area contributed by atoms with Gasteiger partial charge in [-0.3, -0.25) is 9.69 Å². The Hall–Kier alpha value is -1.21. The van der Waals surface area contributed by atoms with Crippen LogP contribution in [0.25, 0.3) is 0 Å². The summed E-state index contributed by atoms with van der Waals surface area (Å²) in [7, 11) is 0. The lowest BCUT2D eigenvalue weighted by Gasteiger charge is -2.35. The summed E-state index contributed by atoms with van der Waals surface area (Å²) in [6, 6.07) is 4.23. The number of carbonyl (C=O) groups excluding carboxylic acids is 1. The first-order valence-corrected chi connectivity index (χ1v) is 8.12. The number of β-amino-alcohol motifs (C(OH)–C–C–N with tert-alkyl or cyclic N) is 1. The Kier molecular flexibility index (Phi) is 6.77. The number of hydrogen-bond donors (Lipinski definition) is 1. The summed E-state index contributed by atoms with van der Waals surface area (Å²) in [5.74, 6) is -0.986. The fourth-order valence-corrected chi connectivity index (χ4v) is 2.84. The van der Waals surface area contributed by atoms with Crippen molar-refractivity contribution in [3.05, 3.63) is 34.6 Å². The molecule has 23 heavy (non-hydrogen) atoms. The van der Waals surface area contributed by atoms with Gasteiger partial charge >= 0.3 is 0 Å². The van der Waals surface area contributed by atoms with Gasteiger partial charge in [-0.25, -0.2) is 4.39 Å². The van der Waals surface area contributed by atoms with Crippen LogP contribution in [0, 0.1) is 5.82 Å². The molecule has 1 aliphatic rings. The van der Waals surface area contributed by atoms with E-state index in [1.165, 1.54) is 18.2 Å².